The third kappa shape index (κ3) is 4.41. The van der Waals surface area contributed by atoms with E-state index in [1.165, 1.54) is 0 Å². The molecule has 1 N–H and O–H groups in total. The van der Waals surface area contributed by atoms with Crippen LogP contribution >= 0.6 is 0 Å². The molecule has 1 aliphatic rings. The van der Waals surface area contributed by atoms with Crippen LogP contribution in [-0.4, -0.2) is 41.1 Å². The van der Waals surface area contributed by atoms with Gasteiger partial charge in [-0.25, -0.2) is 0 Å². The molecular weight excluding hydrogens is 334 g/mol. The molecule has 138 valence electrons. The van der Waals surface area contributed by atoms with E-state index in [9.17, 15) is 9.59 Å². The summed E-state index contributed by atoms with van der Waals surface area (Å²) in [5, 5.41) is 6.53. The van der Waals surface area contributed by atoms with Gasteiger partial charge in [0.15, 0.2) is 11.9 Å². The molecule has 1 aromatic heterocycles. The number of aromatic nitrogens is 1. The van der Waals surface area contributed by atoms with Crippen LogP contribution in [0.15, 0.2) is 40.9 Å². The molecule has 3 rings (SSSR count). The summed E-state index contributed by atoms with van der Waals surface area (Å²) in [6.07, 6.45) is 0.680. The van der Waals surface area contributed by atoms with Crippen molar-refractivity contribution in [2.75, 3.05) is 18.4 Å². The zero-order valence-corrected chi connectivity index (χ0v) is 15.0. The number of benzene rings is 1. The lowest BCUT2D eigenvalue weighted by Crippen LogP contribution is -2.46. The highest BCUT2D eigenvalue weighted by Crippen LogP contribution is 2.21. The van der Waals surface area contributed by atoms with Crippen molar-refractivity contribution in [2.24, 2.45) is 5.92 Å². The zero-order chi connectivity index (χ0) is 18.5. The van der Waals surface area contributed by atoms with Crippen molar-refractivity contribution >= 4 is 17.6 Å². The topological polar surface area (TPSA) is 84.7 Å². The molecule has 1 fully saturated rings. The molecule has 0 bridgehead atoms. The number of hydrogen-bond donors (Lipinski definition) is 1. The number of amides is 2. The molecule has 0 aliphatic carbocycles. The Morgan fingerprint density at radius 3 is 2.58 bits per heavy atom. The molecule has 1 aromatic carbocycles. The number of nitrogens with zero attached hydrogens (tertiary/aromatic N) is 2. The van der Waals surface area contributed by atoms with Crippen LogP contribution in [0, 0.1) is 12.8 Å². The number of rotatable bonds is 5. The lowest BCUT2D eigenvalue weighted by Gasteiger charge is -2.32. The first kappa shape index (κ1) is 18.0. The van der Waals surface area contributed by atoms with E-state index in [1.807, 2.05) is 30.3 Å². The first-order valence-electron chi connectivity index (χ1n) is 8.77. The van der Waals surface area contributed by atoms with Gasteiger partial charge >= 0.3 is 0 Å². The number of anilines is 1. The highest BCUT2D eigenvalue weighted by molar-refractivity contribution is 5.92. The molecule has 0 saturated carbocycles. The third-order valence-corrected chi connectivity index (χ3v) is 4.46. The van der Waals surface area contributed by atoms with Gasteiger partial charge in [0.2, 0.25) is 5.91 Å². The van der Waals surface area contributed by atoms with E-state index in [0.29, 0.717) is 43.3 Å². The van der Waals surface area contributed by atoms with E-state index in [0.717, 1.165) is 0 Å². The van der Waals surface area contributed by atoms with Crippen molar-refractivity contribution in [2.45, 2.75) is 32.8 Å². The third-order valence-electron chi connectivity index (χ3n) is 4.46. The Kier molecular flexibility index (Phi) is 5.55. The minimum atomic E-state index is -0.555. The van der Waals surface area contributed by atoms with E-state index in [4.69, 9.17) is 9.26 Å². The van der Waals surface area contributed by atoms with Gasteiger partial charge in [0.1, 0.15) is 11.5 Å². The summed E-state index contributed by atoms with van der Waals surface area (Å²) in [5.41, 5.74) is 0. The van der Waals surface area contributed by atoms with E-state index in [1.54, 1.807) is 24.8 Å². The van der Waals surface area contributed by atoms with Crippen LogP contribution in [0.2, 0.25) is 0 Å². The molecule has 7 nitrogen and oxygen atoms in total. The Balaban J connectivity index is 1.48. The molecule has 1 atom stereocenters. The molecule has 26 heavy (non-hydrogen) atoms. The predicted octanol–water partition coefficient (Wildman–Crippen LogP) is 2.63. The largest absolute Gasteiger partial charge is 0.481 e. The Morgan fingerprint density at radius 1 is 1.27 bits per heavy atom. The van der Waals surface area contributed by atoms with Crippen molar-refractivity contribution in [3.05, 3.63) is 42.2 Å². The van der Waals surface area contributed by atoms with Gasteiger partial charge in [0.25, 0.3) is 5.91 Å². The summed E-state index contributed by atoms with van der Waals surface area (Å²) in [6.45, 7) is 4.60. The van der Waals surface area contributed by atoms with Crippen LogP contribution in [0.3, 0.4) is 0 Å². The minimum Gasteiger partial charge on any atom is -0.481 e. The molecule has 2 heterocycles. The van der Waals surface area contributed by atoms with Gasteiger partial charge in [-0.05, 0) is 38.8 Å². The first-order chi connectivity index (χ1) is 12.5. The Hall–Kier alpha value is -2.83. The monoisotopic (exact) mass is 357 g/mol. The number of likely N-dealkylation sites (tertiary alicyclic amines) is 1. The Morgan fingerprint density at radius 2 is 1.96 bits per heavy atom. The predicted molar refractivity (Wildman–Crippen MR) is 95.7 cm³/mol. The van der Waals surface area contributed by atoms with E-state index < -0.39 is 6.10 Å². The number of aryl methyl sites for hydroxylation is 1. The number of ether oxygens (including phenoxy) is 1. The van der Waals surface area contributed by atoms with Crippen molar-refractivity contribution in [1.29, 1.82) is 0 Å². The SMILES string of the molecule is Cc1cc(NC(=O)C2CCN(C(=O)C(C)Oc3ccccc3)CC2)no1. The highest BCUT2D eigenvalue weighted by atomic mass is 16.5. The minimum absolute atomic E-state index is 0.0557. The maximum atomic E-state index is 12.6. The highest BCUT2D eigenvalue weighted by Gasteiger charge is 2.30. The van der Waals surface area contributed by atoms with Crippen LogP contribution in [-0.2, 0) is 9.59 Å². The lowest BCUT2D eigenvalue weighted by atomic mass is 9.95. The van der Waals surface area contributed by atoms with Crippen molar-refractivity contribution < 1.29 is 18.8 Å². The molecule has 1 saturated heterocycles. The summed E-state index contributed by atoms with van der Waals surface area (Å²) in [6, 6.07) is 11.0. The Bertz CT molecular complexity index is 751. The zero-order valence-electron chi connectivity index (χ0n) is 15.0. The normalized spacial score (nSPS) is 16.2. The summed E-state index contributed by atoms with van der Waals surface area (Å²) < 4.78 is 10.6. The summed E-state index contributed by atoms with van der Waals surface area (Å²) in [7, 11) is 0. The molecule has 2 amide bonds. The lowest BCUT2D eigenvalue weighted by molar-refractivity contribution is -0.140. The fourth-order valence-corrected chi connectivity index (χ4v) is 3.03. The summed E-state index contributed by atoms with van der Waals surface area (Å²) in [5.74, 6) is 1.47. The van der Waals surface area contributed by atoms with Gasteiger partial charge in [-0.3, -0.25) is 9.59 Å². The van der Waals surface area contributed by atoms with Crippen LogP contribution in [0.4, 0.5) is 5.82 Å². The van der Waals surface area contributed by atoms with Crippen molar-refractivity contribution in [1.82, 2.24) is 10.1 Å². The fraction of sp³-hybridized carbons (Fsp3) is 0.421. The number of para-hydroxylation sites is 1. The van der Waals surface area contributed by atoms with Gasteiger partial charge in [0, 0.05) is 25.1 Å². The first-order valence-corrected chi connectivity index (χ1v) is 8.77. The van der Waals surface area contributed by atoms with Crippen LogP contribution in [0.1, 0.15) is 25.5 Å². The van der Waals surface area contributed by atoms with Crippen LogP contribution in [0.5, 0.6) is 5.75 Å². The van der Waals surface area contributed by atoms with Crippen molar-refractivity contribution in [3.8, 4) is 5.75 Å². The number of carbonyl (C=O) groups excluding carboxylic acids is 2. The molecule has 2 aromatic rings. The second kappa shape index (κ2) is 8.03. The van der Waals surface area contributed by atoms with Crippen LogP contribution in [0.25, 0.3) is 0 Å². The second-order valence-corrected chi connectivity index (χ2v) is 6.48. The van der Waals surface area contributed by atoms with Crippen molar-refractivity contribution in [3.63, 3.8) is 0 Å². The smallest absolute Gasteiger partial charge is 0.263 e. The summed E-state index contributed by atoms with van der Waals surface area (Å²) >= 11 is 0. The van der Waals surface area contributed by atoms with Gasteiger partial charge in [0.05, 0.1) is 0 Å². The fourth-order valence-electron chi connectivity index (χ4n) is 3.03. The molecule has 0 spiro atoms. The van der Waals surface area contributed by atoms with Gasteiger partial charge < -0.3 is 19.5 Å². The molecule has 7 heteroatoms. The number of nitrogens with one attached hydrogen (secondary N) is 1. The molecular formula is C19H23N3O4. The maximum absolute atomic E-state index is 12.6. The number of hydrogen-bond acceptors (Lipinski definition) is 5. The standard InChI is InChI=1S/C19H23N3O4/c1-13-12-17(21-26-13)20-18(23)15-8-10-22(11-9-15)19(24)14(2)25-16-6-4-3-5-7-16/h3-7,12,14-15H,8-11H2,1-2H3,(H,20,21,23). The molecule has 0 radical (unpaired) electrons. The quantitative estimate of drug-likeness (QED) is 0.889. The average molecular weight is 357 g/mol. The van der Waals surface area contributed by atoms with Crippen LogP contribution < -0.4 is 10.1 Å². The number of carbonyl (C=O) groups is 2. The van der Waals surface area contributed by atoms with E-state index in [-0.39, 0.29) is 17.7 Å². The van der Waals surface area contributed by atoms with Gasteiger partial charge in [-0.2, -0.15) is 0 Å². The second-order valence-electron chi connectivity index (χ2n) is 6.48. The maximum Gasteiger partial charge on any atom is 0.263 e. The number of piperidine rings is 1. The summed E-state index contributed by atoms with van der Waals surface area (Å²) in [4.78, 5) is 26.6. The molecule has 1 unspecified atom stereocenters. The molecule has 1 aliphatic heterocycles. The van der Waals surface area contributed by atoms with Gasteiger partial charge in [-0.15, -0.1) is 0 Å². The van der Waals surface area contributed by atoms with E-state index >= 15 is 0 Å². The van der Waals surface area contributed by atoms with Gasteiger partial charge in [-0.1, -0.05) is 23.4 Å². The Labute approximate surface area is 152 Å². The average Bonchev–Trinajstić information content (AvgIpc) is 3.06. The van der Waals surface area contributed by atoms with E-state index in [2.05, 4.69) is 10.5 Å².